The molecule has 7 heteroatoms. The van der Waals surface area contributed by atoms with Crippen LogP contribution in [-0.4, -0.2) is 38.2 Å². The van der Waals surface area contributed by atoms with Gasteiger partial charge in [-0.05, 0) is 30.2 Å². The highest BCUT2D eigenvalue weighted by atomic mass is 16.5. The van der Waals surface area contributed by atoms with E-state index in [1.165, 1.54) is 10.9 Å². The van der Waals surface area contributed by atoms with E-state index in [1.807, 2.05) is 29.9 Å². The molecule has 0 fully saturated rings. The van der Waals surface area contributed by atoms with Gasteiger partial charge >= 0.3 is 0 Å². The summed E-state index contributed by atoms with van der Waals surface area (Å²) in [5.74, 6) is 1.46. The monoisotopic (exact) mass is 322 g/mol. The predicted molar refractivity (Wildman–Crippen MR) is 93.3 cm³/mol. The third-order valence-electron chi connectivity index (χ3n) is 4.14. The lowest BCUT2D eigenvalue weighted by Crippen LogP contribution is -2.07. The molecule has 0 atom stereocenters. The largest absolute Gasteiger partial charge is 0.497 e. The molecule has 0 radical (unpaired) electrons. The summed E-state index contributed by atoms with van der Waals surface area (Å²) >= 11 is 0. The third kappa shape index (κ3) is 2.54. The Hall–Kier alpha value is -3.09. The minimum Gasteiger partial charge on any atom is -0.497 e. The van der Waals surface area contributed by atoms with E-state index in [1.54, 1.807) is 19.6 Å². The van der Waals surface area contributed by atoms with Gasteiger partial charge in [-0.15, -0.1) is 0 Å². The van der Waals surface area contributed by atoms with E-state index >= 15 is 0 Å². The smallest absolute Gasteiger partial charge is 0.224 e. The molecule has 0 saturated carbocycles. The normalized spacial score (nSPS) is 11.2. The maximum Gasteiger partial charge on any atom is 0.224 e. The standard InChI is InChI=1S/C17H18N6O/c1-23-10-21-16-15(23)9-20-17(22-16)18-6-5-11-8-19-14-4-3-12(24-2)7-13(11)14/h3-4,7-10,19H,5-6H2,1-2H3,(H,18,20,22). The Morgan fingerprint density at radius 3 is 3.08 bits per heavy atom. The minimum absolute atomic E-state index is 0.596. The number of nitrogens with zero attached hydrogens (tertiary/aromatic N) is 4. The van der Waals surface area contributed by atoms with Gasteiger partial charge in [0.05, 0.1) is 19.6 Å². The van der Waals surface area contributed by atoms with Crippen LogP contribution in [0.15, 0.2) is 36.9 Å². The zero-order chi connectivity index (χ0) is 16.5. The molecule has 4 rings (SSSR count). The number of ether oxygens (including phenoxy) is 1. The summed E-state index contributed by atoms with van der Waals surface area (Å²) in [5.41, 5.74) is 3.96. The molecule has 4 aromatic rings. The van der Waals surface area contributed by atoms with Crippen LogP contribution in [0.25, 0.3) is 22.1 Å². The summed E-state index contributed by atoms with van der Waals surface area (Å²) in [7, 11) is 3.61. The van der Waals surface area contributed by atoms with Gasteiger partial charge in [0.25, 0.3) is 0 Å². The fourth-order valence-corrected chi connectivity index (χ4v) is 2.80. The number of anilines is 1. The summed E-state index contributed by atoms with van der Waals surface area (Å²) in [4.78, 5) is 16.3. The molecule has 0 bridgehead atoms. The van der Waals surface area contributed by atoms with Gasteiger partial charge in [-0.25, -0.2) is 9.97 Å². The third-order valence-corrected chi connectivity index (χ3v) is 4.14. The van der Waals surface area contributed by atoms with Crippen LogP contribution in [0.3, 0.4) is 0 Å². The molecule has 0 aliphatic carbocycles. The summed E-state index contributed by atoms with van der Waals surface area (Å²) in [6, 6.07) is 6.04. The zero-order valence-electron chi connectivity index (χ0n) is 13.6. The van der Waals surface area contributed by atoms with Crippen molar-refractivity contribution in [3.05, 3.63) is 42.5 Å². The second-order valence-corrected chi connectivity index (χ2v) is 5.66. The van der Waals surface area contributed by atoms with Crippen molar-refractivity contribution in [1.82, 2.24) is 24.5 Å². The second-order valence-electron chi connectivity index (χ2n) is 5.66. The van der Waals surface area contributed by atoms with Crippen molar-refractivity contribution in [1.29, 1.82) is 0 Å². The second kappa shape index (κ2) is 5.84. The number of fused-ring (bicyclic) bond motifs is 2. The van der Waals surface area contributed by atoms with Crippen molar-refractivity contribution in [3.63, 3.8) is 0 Å². The molecule has 2 N–H and O–H groups in total. The van der Waals surface area contributed by atoms with Crippen LogP contribution >= 0.6 is 0 Å². The van der Waals surface area contributed by atoms with Gasteiger partial charge in [-0.2, -0.15) is 4.98 Å². The van der Waals surface area contributed by atoms with Crippen molar-refractivity contribution < 1.29 is 4.74 Å². The van der Waals surface area contributed by atoms with Crippen molar-refractivity contribution in [2.45, 2.75) is 6.42 Å². The van der Waals surface area contributed by atoms with Crippen molar-refractivity contribution >= 4 is 28.0 Å². The van der Waals surface area contributed by atoms with Gasteiger partial charge in [-0.1, -0.05) is 0 Å². The molecule has 3 heterocycles. The van der Waals surface area contributed by atoms with E-state index in [0.29, 0.717) is 11.6 Å². The van der Waals surface area contributed by atoms with Gasteiger partial charge in [0.2, 0.25) is 5.95 Å². The molecule has 1 aromatic carbocycles. The molecule has 122 valence electrons. The lowest BCUT2D eigenvalue weighted by molar-refractivity contribution is 0.415. The zero-order valence-corrected chi connectivity index (χ0v) is 13.6. The Morgan fingerprint density at radius 1 is 1.29 bits per heavy atom. The average molecular weight is 322 g/mol. The van der Waals surface area contributed by atoms with Gasteiger partial charge in [0, 0.05) is 30.7 Å². The molecule has 0 aliphatic rings. The highest BCUT2D eigenvalue weighted by molar-refractivity contribution is 5.84. The fraction of sp³-hybridized carbons (Fsp3) is 0.235. The molecular formula is C17H18N6O. The Labute approximate surface area is 138 Å². The lowest BCUT2D eigenvalue weighted by atomic mass is 10.1. The number of aromatic nitrogens is 5. The molecule has 0 saturated heterocycles. The quantitative estimate of drug-likeness (QED) is 0.590. The Balaban J connectivity index is 1.48. The first kappa shape index (κ1) is 14.5. The number of H-pyrrole nitrogens is 1. The Morgan fingerprint density at radius 2 is 2.21 bits per heavy atom. The number of nitrogens with one attached hydrogen (secondary N) is 2. The van der Waals surface area contributed by atoms with E-state index in [-0.39, 0.29) is 0 Å². The number of rotatable bonds is 5. The predicted octanol–water partition coefficient (Wildman–Crippen LogP) is 2.51. The first-order valence-corrected chi connectivity index (χ1v) is 7.76. The first-order chi connectivity index (χ1) is 11.7. The molecule has 24 heavy (non-hydrogen) atoms. The molecule has 0 spiro atoms. The first-order valence-electron chi connectivity index (χ1n) is 7.76. The lowest BCUT2D eigenvalue weighted by Gasteiger charge is -2.05. The van der Waals surface area contributed by atoms with Crippen LogP contribution in [0.1, 0.15) is 5.56 Å². The number of imidazole rings is 1. The van der Waals surface area contributed by atoms with Crippen LogP contribution in [0.4, 0.5) is 5.95 Å². The van der Waals surface area contributed by atoms with Gasteiger partial charge in [0.1, 0.15) is 11.3 Å². The Kier molecular flexibility index (Phi) is 3.53. The maximum absolute atomic E-state index is 5.30. The molecule has 0 amide bonds. The number of aromatic amines is 1. The van der Waals surface area contributed by atoms with Gasteiger partial charge in [-0.3, -0.25) is 0 Å². The Bertz CT molecular complexity index is 1000. The number of aryl methyl sites for hydroxylation is 1. The highest BCUT2D eigenvalue weighted by Crippen LogP contribution is 2.24. The molecule has 0 unspecified atom stereocenters. The minimum atomic E-state index is 0.596. The van der Waals surface area contributed by atoms with E-state index in [2.05, 4.69) is 31.3 Å². The number of methoxy groups -OCH3 is 1. The van der Waals surface area contributed by atoms with Crippen LogP contribution in [0, 0.1) is 0 Å². The van der Waals surface area contributed by atoms with Crippen LogP contribution in [-0.2, 0) is 13.5 Å². The van der Waals surface area contributed by atoms with Gasteiger partial charge < -0.3 is 19.6 Å². The highest BCUT2D eigenvalue weighted by Gasteiger charge is 2.07. The molecule has 0 aliphatic heterocycles. The number of benzene rings is 1. The van der Waals surface area contributed by atoms with Crippen molar-refractivity contribution in [2.75, 3.05) is 19.0 Å². The van der Waals surface area contributed by atoms with E-state index in [4.69, 9.17) is 4.74 Å². The summed E-state index contributed by atoms with van der Waals surface area (Å²) in [6.45, 7) is 0.739. The average Bonchev–Trinajstić information content (AvgIpc) is 3.18. The SMILES string of the molecule is COc1ccc2[nH]cc(CCNc3ncc4c(ncn4C)n3)c2c1. The summed E-state index contributed by atoms with van der Waals surface area (Å²) < 4.78 is 7.21. The van der Waals surface area contributed by atoms with Crippen LogP contribution in [0.5, 0.6) is 5.75 Å². The maximum atomic E-state index is 5.30. The topological polar surface area (TPSA) is 80.6 Å². The van der Waals surface area contributed by atoms with Crippen LogP contribution in [0.2, 0.25) is 0 Å². The molecule has 3 aromatic heterocycles. The van der Waals surface area contributed by atoms with Crippen molar-refractivity contribution in [3.8, 4) is 5.75 Å². The van der Waals surface area contributed by atoms with Gasteiger partial charge in [0.15, 0.2) is 5.65 Å². The van der Waals surface area contributed by atoms with E-state index in [0.717, 1.165) is 29.7 Å². The number of hydrogen-bond donors (Lipinski definition) is 2. The molecule has 7 nitrogen and oxygen atoms in total. The summed E-state index contributed by atoms with van der Waals surface area (Å²) in [5, 5.41) is 4.44. The van der Waals surface area contributed by atoms with Crippen LogP contribution < -0.4 is 10.1 Å². The summed E-state index contributed by atoms with van der Waals surface area (Å²) in [6.07, 6.45) is 6.42. The van der Waals surface area contributed by atoms with Crippen molar-refractivity contribution in [2.24, 2.45) is 7.05 Å². The van der Waals surface area contributed by atoms with E-state index < -0.39 is 0 Å². The fourth-order valence-electron chi connectivity index (χ4n) is 2.80. The van der Waals surface area contributed by atoms with E-state index in [9.17, 15) is 0 Å². The molecular weight excluding hydrogens is 304 g/mol. The number of hydrogen-bond acceptors (Lipinski definition) is 5.